The molecule has 1 fully saturated rings. The van der Waals surface area contributed by atoms with Crippen LogP contribution in [-0.4, -0.2) is 57.1 Å². The molecule has 5 aromatic rings. The normalized spacial score (nSPS) is 13.6. The minimum atomic E-state index is 0.0113. The summed E-state index contributed by atoms with van der Waals surface area (Å²) in [7, 11) is 0. The van der Waals surface area contributed by atoms with Crippen LogP contribution in [0.1, 0.15) is 27.4 Å². The number of anilines is 2. The van der Waals surface area contributed by atoms with Crippen molar-refractivity contribution in [1.29, 1.82) is 0 Å². The highest BCUT2D eigenvalue weighted by Crippen LogP contribution is 2.33. The average molecular weight is 554 g/mol. The SMILES string of the molecule is Cc1noc(C)c1-c1ccc2nc(N3CCN(C(=O)c4ccncc4)CC3)nc(NCc3cccc(Cl)c3)c2c1. The number of rotatable bonds is 6. The van der Waals surface area contributed by atoms with Crippen LogP contribution in [0.5, 0.6) is 0 Å². The van der Waals surface area contributed by atoms with Crippen molar-refractivity contribution >= 4 is 40.2 Å². The number of nitrogens with zero attached hydrogens (tertiary/aromatic N) is 6. The molecular weight excluding hydrogens is 526 g/mol. The molecule has 1 N–H and O–H groups in total. The lowest BCUT2D eigenvalue weighted by Crippen LogP contribution is -2.49. The van der Waals surface area contributed by atoms with E-state index in [9.17, 15) is 4.79 Å². The van der Waals surface area contributed by atoms with Gasteiger partial charge in [0.2, 0.25) is 5.95 Å². The zero-order valence-electron chi connectivity index (χ0n) is 22.3. The standard InChI is InChI=1S/C30H28ClN7O2/c1-19-27(20(2)40-36-19)23-6-7-26-25(17-23)28(33-18-21-4-3-5-24(31)16-21)35-30(34-26)38-14-12-37(13-15-38)29(39)22-8-10-32-11-9-22/h3-11,16-17H,12-15,18H2,1-2H3,(H,33,34,35). The second-order valence-electron chi connectivity index (χ2n) is 9.80. The van der Waals surface area contributed by atoms with Crippen molar-refractivity contribution in [3.63, 3.8) is 0 Å². The van der Waals surface area contributed by atoms with Crippen LogP contribution in [-0.2, 0) is 6.54 Å². The number of aromatic nitrogens is 4. The molecule has 1 amide bonds. The topological polar surface area (TPSA) is 100 Å². The van der Waals surface area contributed by atoms with Crippen molar-refractivity contribution in [3.8, 4) is 11.1 Å². The van der Waals surface area contributed by atoms with Crippen molar-refractivity contribution < 1.29 is 9.32 Å². The molecule has 4 heterocycles. The lowest BCUT2D eigenvalue weighted by Gasteiger charge is -2.35. The van der Waals surface area contributed by atoms with Gasteiger partial charge in [0.15, 0.2) is 0 Å². The van der Waals surface area contributed by atoms with Gasteiger partial charge in [0.05, 0.1) is 11.2 Å². The number of nitrogens with one attached hydrogen (secondary N) is 1. The van der Waals surface area contributed by atoms with Crippen molar-refractivity contribution in [2.45, 2.75) is 20.4 Å². The molecule has 1 aliphatic rings. The zero-order valence-corrected chi connectivity index (χ0v) is 23.0. The quantitative estimate of drug-likeness (QED) is 0.293. The Balaban J connectivity index is 1.30. The summed E-state index contributed by atoms with van der Waals surface area (Å²) in [6.45, 7) is 6.83. The van der Waals surface area contributed by atoms with E-state index in [1.54, 1.807) is 24.5 Å². The molecule has 9 nitrogen and oxygen atoms in total. The number of halogens is 1. The average Bonchev–Trinajstić information content (AvgIpc) is 3.33. The number of carbonyl (C=O) groups is 1. The fraction of sp³-hybridized carbons (Fsp3) is 0.233. The molecule has 6 rings (SSSR count). The van der Waals surface area contributed by atoms with Crippen molar-refractivity contribution in [3.05, 3.63) is 94.6 Å². The Morgan fingerprint density at radius 3 is 2.52 bits per heavy atom. The molecule has 2 aromatic carbocycles. The van der Waals surface area contributed by atoms with Crippen LogP contribution in [0, 0.1) is 13.8 Å². The molecule has 0 saturated carbocycles. The number of piperazine rings is 1. The molecule has 1 aliphatic heterocycles. The molecule has 1 saturated heterocycles. The van der Waals surface area contributed by atoms with Crippen LogP contribution in [0.3, 0.4) is 0 Å². The highest BCUT2D eigenvalue weighted by Gasteiger charge is 2.24. The largest absolute Gasteiger partial charge is 0.365 e. The van der Waals surface area contributed by atoms with E-state index in [2.05, 4.69) is 26.4 Å². The third kappa shape index (κ3) is 5.20. The van der Waals surface area contributed by atoms with E-state index in [-0.39, 0.29) is 5.91 Å². The van der Waals surface area contributed by atoms with Gasteiger partial charge in [0.1, 0.15) is 11.6 Å². The van der Waals surface area contributed by atoms with Crippen molar-refractivity contribution in [2.24, 2.45) is 0 Å². The summed E-state index contributed by atoms with van der Waals surface area (Å²) >= 11 is 6.22. The summed E-state index contributed by atoms with van der Waals surface area (Å²) < 4.78 is 5.41. The Kier molecular flexibility index (Phi) is 7.04. The number of amides is 1. The fourth-order valence-electron chi connectivity index (χ4n) is 5.06. The van der Waals surface area contributed by atoms with Crippen LogP contribution >= 0.6 is 11.6 Å². The minimum Gasteiger partial charge on any atom is -0.365 e. The van der Waals surface area contributed by atoms with E-state index >= 15 is 0 Å². The minimum absolute atomic E-state index is 0.0113. The molecule has 0 atom stereocenters. The molecule has 0 spiro atoms. The third-order valence-corrected chi connectivity index (χ3v) is 7.37. The van der Waals surface area contributed by atoms with E-state index < -0.39 is 0 Å². The van der Waals surface area contributed by atoms with Gasteiger partial charge in [-0.2, -0.15) is 4.98 Å². The Labute approximate surface area is 236 Å². The molecule has 0 unspecified atom stereocenters. The first-order valence-corrected chi connectivity index (χ1v) is 13.5. The first-order chi connectivity index (χ1) is 19.5. The molecule has 0 aliphatic carbocycles. The maximum atomic E-state index is 12.9. The number of aryl methyl sites for hydroxylation is 2. The summed E-state index contributed by atoms with van der Waals surface area (Å²) in [5.74, 6) is 2.13. The zero-order chi connectivity index (χ0) is 27.6. The van der Waals surface area contributed by atoms with E-state index in [0.29, 0.717) is 49.3 Å². The molecule has 0 radical (unpaired) electrons. The number of carbonyl (C=O) groups excluding carboxylic acids is 1. The number of pyridine rings is 1. The van der Waals surface area contributed by atoms with Gasteiger partial charge in [0, 0.05) is 66.7 Å². The Bertz CT molecular complexity index is 1660. The van der Waals surface area contributed by atoms with E-state index in [1.807, 2.05) is 55.1 Å². The van der Waals surface area contributed by atoms with Gasteiger partial charge >= 0.3 is 0 Å². The van der Waals surface area contributed by atoms with Gasteiger partial charge in [-0.05, 0) is 61.4 Å². The Hall–Kier alpha value is -4.50. The van der Waals surface area contributed by atoms with E-state index in [1.165, 1.54) is 0 Å². The predicted molar refractivity (Wildman–Crippen MR) is 156 cm³/mol. The predicted octanol–water partition coefficient (Wildman–Crippen LogP) is 5.52. The highest BCUT2D eigenvalue weighted by atomic mass is 35.5. The van der Waals surface area contributed by atoms with E-state index in [0.717, 1.165) is 44.9 Å². The second kappa shape index (κ2) is 10.9. The second-order valence-corrected chi connectivity index (χ2v) is 10.2. The molecule has 202 valence electrons. The number of benzene rings is 2. The smallest absolute Gasteiger partial charge is 0.254 e. The Morgan fingerprint density at radius 1 is 1.00 bits per heavy atom. The van der Waals surface area contributed by atoms with Crippen LogP contribution in [0.2, 0.25) is 5.02 Å². The number of hydrogen-bond acceptors (Lipinski definition) is 8. The van der Waals surface area contributed by atoms with Gasteiger partial charge in [-0.25, -0.2) is 4.98 Å². The van der Waals surface area contributed by atoms with E-state index in [4.69, 9.17) is 26.1 Å². The summed E-state index contributed by atoms with van der Waals surface area (Å²) in [4.78, 5) is 30.8. The first-order valence-electron chi connectivity index (χ1n) is 13.1. The first kappa shape index (κ1) is 25.8. The van der Waals surface area contributed by atoms with Crippen LogP contribution in [0.15, 0.2) is 71.5 Å². The fourth-order valence-corrected chi connectivity index (χ4v) is 5.28. The Morgan fingerprint density at radius 2 is 1.80 bits per heavy atom. The molecule has 0 bridgehead atoms. The summed E-state index contributed by atoms with van der Waals surface area (Å²) in [6, 6.07) is 17.4. The van der Waals surface area contributed by atoms with Gasteiger partial charge in [0.25, 0.3) is 5.91 Å². The molecular formula is C30H28ClN7O2. The highest BCUT2D eigenvalue weighted by molar-refractivity contribution is 6.30. The van der Waals surface area contributed by atoms with Gasteiger partial charge in [-0.3, -0.25) is 9.78 Å². The van der Waals surface area contributed by atoms with Crippen molar-refractivity contribution in [2.75, 3.05) is 36.4 Å². The molecule has 40 heavy (non-hydrogen) atoms. The van der Waals surface area contributed by atoms with Crippen LogP contribution < -0.4 is 10.2 Å². The number of fused-ring (bicyclic) bond motifs is 1. The summed E-state index contributed by atoms with van der Waals surface area (Å²) in [5.41, 5.74) is 5.32. The maximum absolute atomic E-state index is 12.9. The van der Waals surface area contributed by atoms with Crippen LogP contribution in [0.4, 0.5) is 11.8 Å². The van der Waals surface area contributed by atoms with Crippen molar-refractivity contribution in [1.82, 2.24) is 25.0 Å². The lowest BCUT2D eigenvalue weighted by atomic mass is 10.0. The van der Waals surface area contributed by atoms with Gasteiger partial charge < -0.3 is 19.6 Å². The van der Waals surface area contributed by atoms with Gasteiger partial charge in [-0.1, -0.05) is 35.0 Å². The summed E-state index contributed by atoms with van der Waals surface area (Å²) in [6.07, 6.45) is 3.28. The molecule has 10 heteroatoms. The lowest BCUT2D eigenvalue weighted by molar-refractivity contribution is 0.0746. The van der Waals surface area contributed by atoms with Gasteiger partial charge in [-0.15, -0.1) is 0 Å². The number of hydrogen-bond donors (Lipinski definition) is 1. The third-order valence-electron chi connectivity index (χ3n) is 7.13. The molecule has 3 aromatic heterocycles. The maximum Gasteiger partial charge on any atom is 0.254 e. The van der Waals surface area contributed by atoms with Crippen LogP contribution in [0.25, 0.3) is 22.0 Å². The summed E-state index contributed by atoms with van der Waals surface area (Å²) in [5, 5.41) is 9.22. The monoisotopic (exact) mass is 553 g/mol.